The highest BCUT2D eigenvalue weighted by Crippen LogP contribution is 2.30. The van der Waals surface area contributed by atoms with Crippen LogP contribution in [0.2, 0.25) is 0 Å². The van der Waals surface area contributed by atoms with Crippen LogP contribution >= 0.6 is 11.3 Å². The summed E-state index contributed by atoms with van der Waals surface area (Å²) in [6.07, 6.45) is 1.81. The SMILES string of the molecule is O.c1ccc(CNc2ccc(-c3nc4ccccc4s3)cc2)nc1. The molecule has 0 fully saturated rings. The molecule has 0 aliphatic heterocycles. The fourth-order valence-corrected chi connectivity index (χ4v) is 3.39. The Kier molecular flexibility index (Phi) is 4.84. The molecule has 0 aliphatic rings. The van der Waals surface area contributed by atoms with E-state index in [1.165, 1.54) is 4.70 Å². The number of thiazole rings is 1. The lowest BCUT2D eigenvalue weighted by atomic mass is 10.2. The van der Waals surface area contributed by atoms with E-state index < -0.39 is 0 Å². The number of hydrogen-bond acceptors (Lipinski definition) is 4. The highest BCUT2D eigenvalue weighted by Gasteiger charge is 2.05. The van der Waals surface area contributed by atoms with Gasteiger partial charge in [0.2, 0.25) is 0 Å². The van der Waals surface area contributed by atoms with Crippen molar-refractivity contribution < 1.29 is 5.48 Å². The second-order valence-corrected chi connectivity index (χ2v) is 6.27. The summed E-state index contributed by atoms with van der Waals surface area (Å²) in [7, 11) is 0. The Morgan fingerprint density at radius 1 is 0.875 bits per heavy atom. The van der Waals surface area contributed by atoms with Crippen LogP contribution in [0.5, 0.6) is 0 Å². The lowest BCUT2D eigenvalue weighted by molar-refractivity contribution is 0.824. The first-order chi connectivity index (χ1) is 11.4. The second kappa shape index (κ2) is 7.21. The van der Waals surface area contributed by atoms with E-state index in [-0.39, 0.29) is 5.48 Å². The topological polar surface area (TPSA) is 69.3 Å². The van der Waals surface area contributed by atoms with Gasteiger partial charge in [-0.2, -0.15) is 0 Å². The Balaban J connectivity index is 0.00000169. The fourth-order valence-electron chi connectivity index (χ4n) is 2.42. The normalized spacial score (nSPS) is 10.3. The minimum absolute atomic E-state index is 0. The van der Waals surface area contributed by atoms with Crippen molar-refractivity contribution in [1.29, 1.82) is 0 Å². The summed E-state index contributed by atoms with van der Waals surface area (Å²) in [5.41, 5.74) is 4.32. The number of nitrogens with one attached hydrogen (secondary N) is 1. The molecule has 0 bridgehead atoms. The van der Waals surface area contributed by atoms with E-state index in [1.54, 1.807) is 11.3 Å². The molecule has 0 atom stereocenters. The molecule has 120 valence electrons. The first-order valence-corrected chi connectivity index (χ1v) is 8.30. The molecule has 4 rings (SSSR count). The number of pyridine rings is 1. The van der Waals surface area contributed by atoms with Crippen LogP contribution in [0.1, 0.15) is 5.69 Å². The Hall–Kier alpha value is -2.76. The van der Waals surface area contributed by atoms with Crippen molar-refractivity contribution in [1.82, 2.24) is 9.97 Å². The highest BCUT2D eigenvalue weighted by atomic mass is 32.1. The van der Waals surface area contributed by atoms with Gasteiger partial charge in [0.25, 0.3) is 0 Å². The van der Waals surface area contributed by atoms with Gasteiger partial charge >= 0.3 is 0 Å². The minimum atomic E-state index is 0. The van der Waals surface area contributed by atoms with Gasteiger partial charge in [0.1, 0.15) is 5.01 Å². The van der Waals surface area contributed by atoms with E-state index in [1.807, 2.05) is 30.5 Å². The lowest BCUT2D eigenvalue weighted by Gasteiger charge is -2.06. The number of aromatic nitrogens is 2. The van der Waals surface area contributed by atoms with E-state index in [0.717, 1.165) is 34.0 Å². The Morgan fingerprint density at radius 3 is 2.42 bits per heavy atom. The van der Waals surface area contributed by atoms with Crippen LogP contribution in [0.15, 0.2) is 72.9 Å². The molecule has 0 radical (unpaired) electrons. The number of anilines is 1. The summed E-state index contributed by atoms with van der Waals surface area (Å²) in [5, 5.41) is 4.44. The number of hydrogen-bond donors (Lipinski definition) is 1. The second-order valence-electron chi connectivity index (χ2n) is 5.24. The van der Waals surface area contributed by atoms with Crippen LogP contribution in [0.3, 0.4) is 0 Å². The molecule has 0 amide bonds. The quantitative estimate of drug-likeness (QED) is 0.609. The molecular formula is C19H17N3OS. The van der Waals surface area contributed by atoms with Crippen LogP contribution in [-0.2, 0) is 6.54 Å². The van der Waals surface area contributed by atoms with Crippen molar-refractivity contribution >= 4 is 27.2 Å². The number of rotatable bonds is 4. The molecule has 3 N–H and O–H groups in total. The van der Waals surface area contributed by atoms with Crippen LogP contribution in [-0.4, -0.2) is 15.4 Å². The molecule has 0 saturated carbocycles. The monoisotopic (exact) mass is 335 g/mol. The summed E-state index contributed by atoms with van der Waals surface area (Å²) in [6.45, 7) is 0.724. The molecule has 2 aromatic heterocycles. The molecular weight excluding hydrogens is 318 g/mol. The number of para-hydroxylation sites is 1. The van der Waals surface area contributed by atoms with Crippen molar-refractivity contribution in [2.45, 2.75) is 6.54 Å². The van der Waals surface area contributed by atoms with Gasteiger partial charge < -0.3 is 10.8 Å². The van der Waals surface area contributed by atoms with Gasteiger partial charge in [-0.25, -0.2) is 4.98 Å². The molecule has 0 unspecified atom stereocenters. The summed E-state index contributed by atoms with van der Waals surface area (Å²) in [6, 6.07) is 22.6. The van der Waals surface area contributed by atoms with Crippen LogP contribution < -0.4 is 5.32 Å². The van der Waals surface area contributed by atoms with E-state index in [2.05, 4.69) is 52.8 Å². The van der Waals surface area contributed by atoms with E-state index in [0.29, 0.717) is 0 Å². The molecule has 2 heterocycles. The van der Waals surface area contributed by atoms with Crippen molar-refractivity contribution in [3.63, 3.8) is 0 Å². The van der Waals surface area contributed by atoms with Gasteiger partial charge in [0, 0.05) is 17.4 Å². The zero-order chi connectivity index (χ0) is 15.5. The number of benzene rings is 2. The fraction of sp³-hybridized carbons (Fsp3) is 0.0526. The summed E-state index contributed by atoms with van der Waals surface area (Å²) in [5.74, 6) is 0. The van der Waals surface area contributed by atoms with Crippen LogP contribution in [0.4, 0.5) is 5.69 Å². The Labute approximate surface area is 144 Å². The zero-order valence-electron chi connectivity index (χ0n) is 12.9. The molecule has 0 saturated heterocycles. The predicted molar refractivity (Wildman–Crippen MR) is 100 cm³/mol. The first kappa shape index (κ1) is 16.1. The number of nitrogens with zero attached hydrogens (tertiary/aromatic N) is 2. The van der Waals surface area contributed by atoms with E-state index in [9.17, 15) is 0 Å². The van der Waals surface area contributed by atoms with Gasteiger partial charge in [-0.15, -0.1) is 11.3 Å². The molecule has 24 heavy (non-hydrogen) atoms. The third-order valence-corrected chi connectivity index (χ3v) is 4.71. The Morgan fingerprint density at radius 2 is 1.67 bits per heavy atom. The summed E-state index contributed by atoms with van der Waals surface area (Å²) < 4.78 is 1.22. The van der Waals surface area contributed by atoms with Crippen molar-refractivity contribution in [3.05, 3.63) is 78.6 Å². The third kappa shape index (κ3) is 3.42. The highest BCUT2D eigenvalue weighted by molar-refractivity contribution is 7.21. The van der Waals surface area contributed by atoms with Crippen LogP contribution in [0.25, 0.3) is 20.8 Å². The van der Waals surface area contributed by atoms with Gasteiger partial charge in [-0.1, -0.05) is 18.2 Å². The molecule has 4 nitrogen and oxygen atoms in total. The molecule has 0 spiro atoms. The van der Waals surface area contributed by atoms with E-state index >= 15 is 0 Å². The maximum absolute atomic E-state index is 4.69. The smallest absolute Gasteiger partial charge is 0.124 e. The molecule has 2 aromatic carbocycles. The molecule has 4 aromatic rings. The maximum Gasteiger partial charge on any atom is 0.124 e. The average Bonchev–Trinajstić information content (AvgIpc) is 3.05. The summed E-state index contributed by atoms with van der Waals surface area (Å²) in [4.78, 5) is 9.01. The molecule has 5 heteroatoms. The van der Waals surface area contributed by atoms with Crippen molar-refractivity contribution in [3.8, 4) is 10.6 Å². The van der Waals surface area contributed by atoms with Gasteiger partial charge in [-0.05, 0) is 48.5 Å². The number of fused-ring (bicyclic) bond motifs is 1. The standard InChI is InChI=1S/C19H15N3S.H2O/c1-2-7-18-17(6-1)22-19(23-18)14-8-10-15(11-9-14)21-13-16-5-3-4-12-20-16;/h1-12,21H,13H2;1H2. The lowest BCUT2D eigenvalue weighted by Crippen LogP contribution is -2.00. The van der Waals surface area contributed by atoms with Crippen molar-refractivity contribution in [2.24, 2.45) is 0 Å². The third-order valence-electron chi connectivity index (χ3n) is 3.63. The average molecular weight is 335 g/mol. The predicted octanol–water partition coefficient (Wildman–Crippen LogP) is 4.15. The van der Waals surface area contributed by atoms with Gasteiger partial charge in [0.05, 0.1) is 22.5 Å². The Bertz CT molecular complexity index is 887. The van der Waals surface area contributed by atoms with Crippen LogP contribution in [0, 0.1) is 0 Å². The van der Waals surface area contributed by atoms with Gasteiger partial charge in [-0.3, -0.25) is 4.98 Å². The first-order valence-electron chi connectivity index (χ1n) is 7.48. The minimum Gasteiger partial charge on any atom is -0.412 e. The van der Waals surface area contributed by atoms with Crippen molar-refractivity contribution in [2.75, 3.05) is 5.32 Å². The largest absolute Gasteiger partial charge is 0.412 e. The van der Waals surface area contributed by atoms with Gasteiger partial charge in [0.15, 0.2) is 0 Å². The maximum atomic E-state index is 4.69. The zero-order valence-corrected chi connectivity index (χ0v) is 13.8. The summed E-state index contributed by atoms with van der Waals surface area (Å²) >= 11 is 1.72. The van der Waals surface area contributed by atoms with E-state index in [4.69, 9.17) is 4.98 Å². The molecule has 0 aliphatic carbocycles.